The summed E-state index contributed by atoms with van der Waals surface area (Å²) in [4.78, 5) is 27.8. The van der Waals surface area contributed by atoms with Crippen LogP contribution in [0.5, 0.6) is 0 Å². The molecule has 1 aliphatic heterocycles. The van der Waals surface area contributed by atoms with E-state index in [0.717, 1.165) is 44.0 Å². The second-order valence-corrected chi connectivity index (χ2v) is 6.34. The van der Waals surface area contributed by atoms with E-state index < -0.39 is 5.91 Å². The zero-order chi connectivity index (χ0) is 18.5. The quantitative estimate of drug-likeness (QED) is 0.831. The highest BCUT2D eigenvalue weighted by atomic mass is 16.5. The second kappa shape index (κ2) is 8.01. The van der Waals surface area contributed by atoms with E-state index in [0.29, 0.717) is 11.1 Å². The van der Waals surface area contributed by atoms with E-state index >= 15 is 0 Å². The minimum atomic E-state index is -0.400. The van der Waals surface area contributed by atoms with Crippen LogP contribution in [0.15, 0.2) is 48.5 Å². The summed E-state index contributed by atoms with van der Waals surface area (Å²) in [7, 11) is 1.39. The first kappa shape index (κ1) is 17.9. The van der Waals surface area contributed by atoms with Gasteiger partial charge in [-0.05, 0) is 29.8 Å². The first-order chi connectivity index (χ1) is 12.6. The Labute approximate surface area is 153 Å². The summed E-state index contributed by atoms with van der Waals surface area (Å²) in [5.41, 5.74) is 8.60. The number of nitrogens with zero attached hydrogens (tertiary/aromatic N) is 2. The van der Waals surface area contributed by atoms with Gasteiger partial charge in [-0.15, -0.1) is 0 Å². The molecule has 0 bridgehead atoms. The minimum Gasteiger partial charge on any atom is -0.465 e. The smallest absolute Gasteiger partial charge is 0.337 e. The van der Waals surface area contributed by atoms with Crippen molar-refractivity contribution in [3.8, 4) is 0 Å². The molecule has 26 heavy (non-hydrogen) atoms. The third kappa shape index (κ3) is 4.03. The molecular formula is C20H23N3O3. The van der Waals surface area contributed by atoms with E-state index in [1.165, 1.54) is 7.11 Å². The van der Waals surface area contributed by atoms with Crippen molar-refractivity contribution in [2.45, 2.75) is 6.54 Å². The molecular weight excluding hydrogens is 330 g/mol. The molecule has 0 spiro atoms. The lowest BCUT2D eigenvalue weighted by Crippen LogP contribution is -2.46. The van der Waals surface area contributed by atoms with Gasteiger partial charge >= 0.3 is 5.97 Å². The number of amides is 1. The fraction of sp³-hybridized carbons (Fsp3) is 0.300. The average Bonchev–Trinajstić information content (AvgIpc) is 2.68. The monoisotopic (exact) mass is 353 g/mol. The van der Waals surface area contributed by atoms with Gasteiger partial charge in [0.2, 0.25) is 0 Å². The van der Waals surface area contributed by atoms with Gasteiger partial charge < -0.3 is 15.4 Å². The number of carbonyl (C=O) groups is 2. The average molecular weight is 353 g/mol. The number of piperazine rings is 1. The lowest BCUT2D eigenvalue weighted by molar-refractivity contribution is 0.0600. The Morgan fingerprint density at radius 1 is 1.04 bits per heavy atom. The predicted octanol–water partition coefficient (Wildman–Crippen LogP) is 1.89. The number of primary amides is 1. The summed E-state index contributed by atoms with van der Waals surface area (Å²) >= 11 is 0. The van der Waals surface area contributed by atoms with Crippen molar-refractivity contribution in [3.05, 3.63) is 65.2 Å². The number of carbonyl (C=O) groups excluding carboxylic acids is 2. The molecule has 0 aliphatic carbocycles. The van der Waals surface area contributed by atoms with Gasteiger partial charge in [-0.1, -0.05) is 24.3 Å². The van der Waals surface area contributed by atoms with Crippen molar-refractivity contribution in [1.29, 1.82) is 0 Å². The Kier molecular flexibility index (Phi) is 5.53. The van der Waals surface area contributed by atoms with Crippen molar-refractivity contribution in [3.63, 3.8) is 0 Å². The predicted molar refractivity (Wildman–Crippen MR) is 100 cm³/mol. The van der Waals surface area contributed by atoms with Crippen LogP contribution in [0.2, 0.25) is 0 Å². The second-order valence-electron chi connectivity index (χ2n) is 6.34. The fourth-order valence-electron chi connectivity index (χ4n) is 3.28. The molecule has 0 unspecified atom stereocenters. The highest BCUT2D eigenvalue weighted by Crippen LogP contribution is 2.22. The maximum absolute atomic E-state index is 11.7. The number of hydrogen-bond acceptors (Lipinski definition) is 5. The number of rotatable bonds is 5. The van der Waals surface area contributed by atoms with E-state index in [2.05, 4.69) is 9.80 Å². The van der Waals surface area contributed by atoms with Crippen LogP contribution in [0.3, 0.4) is 0 Å². The number of anilines is 1. The van der Waals surface area contributed by atoms with Crippen LogP contribution in [0.4, 0.5) is 5.69 Å². The van der Waals surface area contributed by atoms with E-state index in [1.54, 1.807) is 12.1 Å². The highest BCUT2D eigenvalue weighted by Gasteiger charge is 2.20. The third-order valence-electron chi connectivity index (χ3n) is 4.64. The molecule has 0 atom stereocenters. The van der Waals surface area contributed by atoms with E-state index in [9.17, 15) is 9.59 Å². The van der Waals surface area contributed by atoms with Gasteiger partial charge in [-0.2, -0.15) is 0 Å². The summed E-state index contributed by atoms with van der Waals surface area (Å²) in [6.07, 6.45) is 0. The zero-order valence-electron chi connectivity index (χ0n) is 14.9. The first-order valence-electron chi connectivity index (χ1n) is 8.62. The Morgan fingerprint density at radius 2 is 1.77 bits per heavy atom. The van der Waals surface area contributed by atoms with E-state index in [-0.39, 0.29) is 5.97 Å². The lowest BCUT2D eigenvalue weighted by atomic mass is 10.1. The van der Waals surface area contributed by atoms with Gasteiger partial charge in [-0.3, -0.25) is 9.69 Å². The van der Waals surface area contributed by atoms with Gasteiger partial charge in [-0.25, -0.2) is 4.79 Å². The van der Waals surface area contributed by atoms with Crippen LogP contribution in [-0.2, 0) is 11.3 Å². The van der Waals surface area contributed by atoms with Crippen LogP contribution >= 0.6 is 0 Å². The maximum Gasteiger partial charge on any atom is 0.337 e. The fourth-order valence-corrected chi connectivity index (χ4v) is 3.28. The summed E-state index contributed by atoms with van der Waals surface area (Å²) in [6, 6.07) is 15.0. The molecule has 1 amide bonds. The summed E-state index contributed by atoms with van der Waals surface area (Å²) in [6.45, 7) is 4.16. The summed E-state index contributed by atoms with van der Waals surface area (Å²) < 4.78 is 4.78. The largest absolute Gasteiger partial charge is 0.465 e. The van der Waals surface area contributed by atoms with Crippen LogP contribution in [0.25, 0.3) is 0 Å². The Bertz CT molecular complexity index is 798. The van der Waals surface area contributed by atoms with Crippen molar-refractivity contribution in [2.24, 2.45) is 5.73 Å². The Hall–Kier alpha value is -2.86. The third-order valence-corrected chi connectivity index (χ3v) is 4.64. The van der Waals surface area contributed by atoms with Gasteiger partial charge in [0.15, 0.2) is 0 Å². The number of methoxy groups -OCH3 is 1. The SMILES string of the molecule is COC(=O)c1cccc(CN2CCN(c3ccccc3C(N)=O)CC2)c1. The van der Waals surface area contributed by atoms with Crippen molar-refractivity contribution in [2.75, 3.05) is 38.2 Å². The molecule has 6 heteroatoms. The molecule has 1 aliphatic rings. The number of nitrogens with two attached hydrogens (primary N) is 1. The molecule has 2 N–H and O–H groups in total. The molecule has 0 radical (unpaired) electrons. The normalized spacial score (nSPS) is 14.9. The molecule has 136 valence electrons. The van der Waals surface area contributed by atoms with Crippen LogP contribution in [0.1, 0.15) is 26.3 Å². The molecule has 0 saturated carbocycles. The van der Waals surface area contributed by atoms with Gasteiger partial charge in [0.25, 0.3) is 5.91 Å². The lowest BCUT2D eigenvalue weighted by Gasteiger charge is -2.36. The van der Waals surface area contributed by atoms with Gasteiger partial charge in [0.05, 0.1) is 18.2 Å². The van der Waals surface area contributed by atoms with Crippen LogP contribution in [-0.4, -0.2) is 50.1 Å². The topological polar surface area (TPSA) is 75.9 Å². The molecule has 2 aromatic rings. The van der Waals surface area contributed by atoms with Gasteiger partial charge in [0, 0.05) is 38.4 Å². The highest BCUT2D eigenvalue weighted by molar-refractivity contribution is 5.98. The van der Waals surface area contributed by atoms with E-state index in [4.69, 9.17) is 10.5 Å². The van der Waals surface area contributed by atoms with E-state index in [1.807, 2.05) is 36.4 Å². The minimum absolute atomic E-state index is 0.320. The summed E-state index contributed by atoms with van der Waals surface area (Å²) in [5.74, 6) is -0.720. The maximum atomic E-state index is 11.7. The summed E-state index contributed by atoms with van der Waals surface area (Å²) in [5, 5.41) is 0. The molecule has 3 rings (SSSR count). The Balaban J connectivity index is 1.63. The molecule has 1 heterocycles. The van der Waals surface area contributed by atoms with Crippen LogP contribution < -0.4 is 10.6 Å². The number of esters is 1. The molecule has 0 aromatic heterocycles. The van der Waals surface area contributed by atoms with Crippen molar-refractivity contribution in [1.82, 2.24) is 4.90 Å². The molecule has 2 aromatic carbocycles. The molecule has 1 saturated heterocycles. The van der Waals surface area contributed by atoms with Crippen molar-refractivity contribution < 1.29 is 14.3 Å². The Morgan fingerprint density at radius 3 is 2.46 bits per heavy atom. The number of benzene rings is 2. The molecule has 6 nitrogen and oxygen atoms in total. The first-order valence-corrected chi connectivity index (χ1v) is 8.62. The van der Waals surface area contributed by atoms with Gasteiger partial charge in [0.1, 0.15) is 0 Å². The van der Waals surface area contributed by atoms with Crippen LogP contribution in [0, 0.1) is 0 Å². The van der Waals surface area contributed by atoms with Crippen molar-refractivity contribution >= 4 is 17.6 Å². The standard InChI is InChI=1S/C20H23N3O3/c1-26-20(25)16-6-4-5-15(13-16)14-22-9-11-23(12-10-22)18-8-3-2-7-17(18)19(21)24/h2-8,13H,9-12,14H2,1H3,(H2,21,24). The number of ether oxygens (including phenoxy) is 1. The molecule has 1 fully saturated rings. The zero-order valence-corrected chi connectivity index (χ0v) is 14.9. The number of hydrogen-bond donors (Lipinski definition) is 1. The number of para-hydroxylation sites is 1.